The van der Waals surface area contributed by atoms with Gasteiger partial charge in [0.05, 0.1) is 10.7 Å². The number of aromatic nitrogens is 1. The van der Waals surface area contributed by atoms with Crippen LogP contribution >= 0.6 is 35.8 Å². The van der Waals surface area contributed by atoms with Crippen LogP contribution in [0.2, 0.25) is 5.02 Å². The van der Waals surface area contributed by atoms with Crippen LogP contribution in [0.4, 0.5) is 0 Å². The second-order valence-electron chi connectivity index (χ2n) is 5.73. The second-order valence-corrected chi connectivity index (χ2v) is 7.49. The number of hydrogen-bond acceptors (Lipinski definition) is 3. The fourth-order valence-electron chi connectivity index (χ4n) is 2.86. The van der Waals surface area contributed by atoms with E-state index in [4.69, 9.17) is 11.6 Å². The molecule has 1 aromatic carbocycles. The second kappa shape index (κ2) is 8.39. The normalized spacial score (nSPS) is 15.3. The Hall–Kier alpha value is -0.740. The molecule has 2 aromatic rings. The van der Waals surface area contributed by atoms with Crippen molar-refractivity contribution in [3.63, 3.8) is 0 Å². The van der Waals surface area contributed by atoms with Crippen molar-refractivity contribution in [3.05, 3.63) is 57.9 Å². The summed E-state index contributed by atoms with van der Waals surface area (Å²) in [6, 6.07) is 10.4. The first-order valence-electron chi connectivity index (χ1n) is 7.76. The topological polar surface area (TPSA) is 24.9 Å². The average Bonchev–Trinajstić information content (AvgIpc) is 2.75. The lowest BCUT2D eigenvalue weighted by molar-refractivity contribution is 0.709. The Balaban J connectivity index is 0.00000192. The number of nitrogens with zero attached hydrogens (tertiary/aromatic N) is 1. The summed E-state index contributed by atoms with van der Waals surface area (Å²) in [5, 5.41) is 4.63. The number of pyridine rings is 1. The number of halogens is 2. The summed E-state index contributed by atoms with van der Waals surface area (Å²) in [5.74, 6) is 0. The van der Waals surface area contributed by atoms with E-state index in [-0.39, 0.29) is 12.4 Å². The molecular formula is C18H22Cl2N2S. The Kier molecular flexibility index (Phi) is 6.78. The van der Waals surface area contributed by atoms with Crippen molar-refractivity contribution in [2.24, 2.45) is 0 Å². The van der Waals surface area contributed by atoms with Crippen LogP contribution in [0, 0.1) is 6.92 Å². The molecule has 0 bridgehead atoms. The summed E-state index contributed by atoms with van der Waals surface area (Å²) in [7, 11) is 0. The van der Waals surface area contributed by atoms with Gasteiger partial charge in [-0.3, -0.25) is 4.98 Å². The van der Waals surface area contributed by atoms with Gasteiger partial charge >= 0.3 is 0 Å². The number of fused-ring (bicyclic) bond motifs is 1. The lowest BCUT2D eigenvalue weighted by Crippen LogP contribution is -2.16. The Morgan fingerprint density at radius 1 is 1.17 bits per heavy atom. The number of aryl methyl sites for hydroxylation is 1. The van der Waals surface area contributed by atoms with E-state index >= 15 is 0 Å². The maximum Gasteiger partial charge on any atom is 0.0545 e. The van der Waals surface area contributed by atoms with Crippen molar-refractivity contribution in [2.75, 3.05) is 13.1 Å². The first kappa shape index (κ1) is 18.6. The van der Waals surface area contributed by atoms with E-state index in [9.17, 15) is 0 Å². The molecule has 2 nitrogen and oxygen atoms in total. The molecule has 0 saturated heterocycles. The molecule has 2 heterocycles. The van der Waals surface area contributed by atoms with E-state index in [1.54, 1.807) is 0 Å². The van der Waals surface area contributed by atoms with Crippen molar-refractivity contribution in [1.29, 1.82) is 0 Å². The SMILES string of the molecule is Cc1cccc(C(C)Sc2c(Cl)ccc3c2CCNCC3)n1.Cl. The van der Waals surface area contributed by atoms with Crippen molar-refractivity contribution in [1.82, 2.24) is 10.3 Å². The van der Waals surface area contributed by atoms with E-state index in [1.165, 1.54) is 16.0 Å². The van der Waals surface area contributed by atoms with E-state index < -0.39 is 0 Å². The van der Waals surface area contributed by atoms with Gasteiger partial charge in [0.15, 0.2) is 0 Å². The zero-order valence-electron chi connectivity index (χ0n) is 13.4. The predicted molar refractivity (Wildman–Crippen MR) is 102 cm³/mol. The number of thioether (sulfide) groups is 1. The van der Waals surface area contributed by atoms with Gasteiger partial charge in [0.2, 0.25) is 0 Å². The van der Waals surface area contributed by atoms with E-state index in [0.29, 0.717) is 5.25 Å². The Morgan fingerprint density at radius 2 is 1.96 bits per heavy atom. The van der Waals surface area contributed by atoms with Crippen molar-refractivity contribution in [2.45, 2.75) is 36.8 Å². The van der Waals surface area contributed by atoms with Gasteiger partial charge in [-0.05, 0) is 69.1 Å². The molecule has 1 aliphatic heterocycles. The van der Waals surface area contributed by atoms with Crippen LogP contribution in [0.5, 0.6) is 0 Å². The fraction of sp³-hybridized carbons (Fsp3) is 0.389. The molecule has 1 unspecified atom stereocenters. The van der Waals surface area contributed by atoms with E-state index in [1.807, 2.05) is 30.8 Å². The Bertz CT molecular complexity index is 676. The van der Waals surface area contributed by atoms with Crippen molar-refractivity contribution in [3.8, 4) is 0 Å². The zero-order chi connectivity index (χ0) is 15.5. The lowest BCUT2D eigenvalue weighted by atomic mass is 10.0. The monoisotopic (exact) mass is 368 g/mol. The van der Waals surface area contributed by atoms with Crippen LogP contribution in [0.25, 0.3) is 0 Å². The minimum absolute atomic E-state index is 0. The highest BCUT2D eigenvalue weighted by atomic mass is 35.5. The number of rotatable bonds is 3. The molecule has 0 aliphatic carbocycles. The quantitative estimate of drug-likeness (QED) is 0.770. The minimum Gasteiger partial charge on any atom is -0.316 e. The van der Waals surface area contributed by atoms with Gasteiger partial charge in [0, 0.05) is 15.8 Å². The molecule has 124 valence electrons. The standard InChI is InChI=1S/C18H21ClN2S.ClH/c1-12-4-3-5-17(21-12)13(2)22-18-15-9-11-20-10-8-14(15)6-7-16(18)19;/h3-7,13,20H,8-11H2,1-2H3;1H. The summed E-state index contributed by atoms with van der Waals surface area (Å²) in [6.07, 6.45) is 2.13. The molecule has 23 heavy (non-hydrogen) atoms. The molecule has 1 atom stereocenters. The molecular weight excluding hydrogens is 347 g/mol. The molecule has 3 rings (SSSR count). The van der Waals surface area contributed by atoms with Crippen molar-refractivity contribution >= 4 is 35.8 Å². The maximum absolute atomic E-state index is 6.52. The summed E-state index contributed by atoms with van der Waals surface area (Å²) in [5.41, 5.74) is 5.03. The summed E-state index contributed by atoms with van der Waals surface area (Å²) < 4.78 is 0. The Labute approximate surface area is 153 Å². The van der Waals surface area contributed by atoms with Crippen molar-refractivity contribution < 1.29 is 0 Å². The van der Waals surface area contributed by atoms with Crippen LogP contribution < -0.4 is 5.32 Å². The third-order valence-corrected chi connectivity index (χ3v) is 5.78. The van der Waals surface area contributed by atoms with Crippen LogP contribution in [0.15, 0.2) is 35.2 Å². The Morgan fingerprint density at radius 3 is 2.74 bits per heavy atom. The highest BCUT2D eigenvalue weighted by Gasteiger charge is 2.18. The largest absolute Gasteiger partial charge is 0.316 e. The molecule has 5 heteroatoms. The fourth-order valence-corrected chi connectivity index (χ4v) is 4.34. The van der Waals surface area contributed by atoms with E-state index in [0.717, 1.165) is 42.3 Å². The van der Waals surface area contributed by atoms with E-state index in [2.05, 4.69) is 35.4 Å². The smallest absolute Gasteiger partial charge is 0.0545 e. The first-order chi connectivity index (χ1) is 10.6. The summed E-state index contributed by atoms with van der Waals surface area (Å²) in [4.78, 5) is 5.89. The number of hydrogen-bond donors (Lipinski definition) is 1. The van der Waals surface area contributed by atoms with Gasteiger partial charge in [-0.2, -0.15) is 0 Å². The molecule has 0 fully saturated rings. The lowest BCUT2D eigenvalue weighted by Gasteiger charge is -2.17. The van der Waals surface area contributed by atoms with Gasteiger partial charge in [0.25, 0.3) is 0 Å². The van der Waals surface area contributed by atoms with Gasteiger partial charge in [-0.15, -0.1) is 24.2 Å². The summed E-state index contributed by atoms with van der Waals surface area (Å²) in [6.45, 7) is 6.32. The van der Waals surface area contributed by atoms with Crippen LogP contribution in [-0.2, 0) is 12.8 Å². The molecule has 0 amide bonds. The molecule has 0 radical (unpaired) electrons. The van der Waals surface area contributed by atoms with Crippen LogP contribution in [0.3, 0.4) is 0 Å². The average molecular weight is 369 g/mol. The first-order valence-corrected chi connectivity index (χ1v) is 9.02. The highest BCUT2D eigenvalue weighted by Crippen LogP contribution is 2.41. The van der Waals surface area contributed by atoms with Gasteiger partial charge in [-0.1, -0.05) is 23.7 Å². The van der Waals surface area contributed by atoms with Gasteiger partial charge in [-0.25, -0.2) is 0 Å². The zero-order valence-corrected chi connectivity index (χ0v) is 15.8. The van der Waals surface area contributed by atoms with Gasteiger partial charge < -0.3 is 5.32 Å². The molecule has 0 saturated carbocycles. The minimum atomic E-state index is 0. The molecule has 1 aromatic heterocycles. The molecule has 0 spiro atoms. The van der Waals surface area contributed by atoms with Crippen LogP contribution in [-0.4, -0.2) is 18.1 Å². The molecule has 1 aliphatic rings. The number of benzene rings is 1. The van der Waals surface area contributed by atoms with Crippen LogP contribution in [0.1, 0.15) is 34.7 Å². The summed E-state index contributed by atoms with van der Waals surface area (Å²) >= 11 is 8.35. The molecule has 1 N–H and O–H groups in total. The maximum atomic E-state index is 6.52. The third-order valence-electron chi connectivity index (χ3n) is 4.05. The number of nitrogens with one attached hydrogen (secondary N) is 1. The van der Waals surface area contributed by atoms with Gasteiger partial charge in [0.1, 0.15) is 0 Å². The highest BCUT2D eigenvalue weighted by molar-refractivity contribution is 7.99. The third kappa shape index (κ3) is 4.42. The predicted octanol–water partition coefficient (Wildman–Crippen LogP) is 5.01.